The Labute approximate surface area is 242 Å². The quantitative estimate of drug-likeness (QED) is 0.0375. The van der Waals surface area contributed by atoms with Crippen LogP contribution in [0, 0.1) is 0 Å². The van der Waals surface area contributed by atoms with Crippen molar-refractivity contribution >= 4 is 7.82 Å². The lowest BCUT2D eigenvalue weighted by Gasteiger charge is -2.28. The predicted molar refractivity (Wildman–Crippen MR) is 162 cm³/mol. The minimum Gasteiger partial charge on any atom is -0.756 e. The molecule has 7 nitrogen and oxygen atoms in total. The lowest BCUT2D eigenvalue weighted by molar-refractivity contribution is -0.870. The number of nitrogens with zero attached hydrogens (tertiary/aromatic N) is 1. The third-order valence-electron chi connectivity index (χ3n) is 6.87. The Morgan fingerprint density at radius 1 is 0.692 bits per heavy atom. The van der Waals surface area contributed by atoms with Crippen LogP contribution in [0.25, 0.3) is 0 Å². The summed E-state index contributed by atoms with van der Waals surface area (Å²) in [4.78, 5) is 11.9. The molecule has 0 spiro atoms. The second kappa shape index (κ2) is 26.6. The molecule has 39 heavy (non-hydrogen) atoms. The van der Waals surface area contributed by atoms with Gasteiger partial charge < -0.3 is 27.9 Å². The van der Waals surface area contributed by atoms with Crippen molar-refractivity contribution in [3.05, 3.63) is 12.2 Å². The van der Waals surface area contributed by atoms with Crippen LogP contribution in [0.5, 0.6) is 0 Å². The molecule has 0 amide bonds. The number of methoxy groups -OCH3 is 1. The SMILES string of the molecule is CCCCCCCCCCC/C=C\CCCCCCCCCOC[C@H](COP(=O)([O-])OCC[N+](C)(C)C)OC. The van der Waals surface area contributed by atoms with E-state index in [1.54, 1.807) is 0 Å². The molecule has 0 fully saturated rings. The molecule has 0 aromatic heterocycles. The number of ether oxygens (including phenoxy) is 2. The van der Waals surface area contributed by atoms with E-state index in [1.807, 2.05) is 21.1 Å². The molecule has 0 N–H and O–H groups in total. The number of hydrogen-bond donors (Lipinski definition) is 0. The first-order valence-electron chi connectivity index (χ1n) is 15.9. The fourth-order valence-corrected chi connectivity index (χ4v) is 4.92. The van der Waals surface area contributed by atoms with Gasteiger partial charge in [0.05, 0.1) is 34.4 Å². The summed E-state index contributed by atoms with van der Waals surface area (Å²) in [5.41, 5.74) is 0. The summed E-state index contributed by atoms with van der Waals surface area (Å²) in [5.74, 6) is 0. The molecule has 0 heterocycles. The minimum absolute atomic E-state index is 0.0922. The first-order chi connectivity index (χ1) is 18.7. The number of unbranched alkanes of at least 4 members (excludes halogenated alkanes) is 16. The summed E-state index contributed by atoms with van der Waals surface area (Å²) in [5, 5.41) is 0. The Balaban J connectivity index is 3.47. The zero-order valence-corrected chi connectivity index (χ0v) is 27.2. The van der Waals surface area contributed by atoms with Crippen molar-refractivity contribution in [2.45, 2.75) is 129 Å². The number of likely N-dealkylation sites (N-methyl/N-ethyl adjacent to an activating group) is 1. The van der Waals surface area contributed by atoms with E-state index in [1.165, 1.54) is 110 Å². The third kappa shape index (κ3) is 30.5. The van der Waals surface area contributed by atoms with Gasteiger partial charge in [-0.25, -0.2) is 0 Å². The van der Waals surface area contributed by atoms with Crippen molar-refractivity contribution in [3.63, 3.8) is 0 Å². The standard InChI is InChI=1S/C31H64NO6P/c1-6-7-8-9-10-11-12-13-14-15-16-17-18-19-20-21-22-23-24-25-27-36-29-31(35-5)30-38-39(33,34)37-28-26-32(2,3)4/h16-17,31H,6-15,18-30H2,1-5H3/b17-16-/t31-/m1/s1. The van der Waals surface area contributed by atoms with Gasteiger partial charge in [0.15, 0.2) is 0 Å². The van der Waals surface area contributed by atoms with Crippen LogP contribution in [-0.4, -0.2) is 71.8 Å². The van der Waals surface area contributed by atoms with Gasteiger partial charge in [-0.3, -0.25) is 4.57 Å². The Morgan fingerprint density at radius 3 is 1.67 bits per heavy atom. The zero-order valence-electron chi connectivity index (χ0n) is 26.3. The van der Waals surface area contributed by atoms with Crippen LogP contribution in [0.15, 0.2) is 12.2 Å². The van der Waals surface area contributed by atoms with E-state index < -0.39 is 13.9 Å². The molecule has 0 radical (unpaired) electrons. The first kappa shape index (κ1) is 38.7. The van der Waals surface area contributed by atoms with Gasteiger partial charge in [-0.2, -0.15) is 0 Å². The summed E-state index contributed by atoms with van der Waals surface area (Å²) >= 11 is 0. The lowest BCUT2D eigenvalue weighted by atomic mass is 10.1. The van der Waals surface area contributed by atoms with E-state index in [2.05, 4.69) is 19.1 Å². The number of allylic oxidation sites excluding steroid dienone is 2. The Hall–Kier alpha value is -0.270. The molecular formula is C31H64NO6P. The van der Waals surface area contributed by atoms with Gasteiger partial charge in [-0.1, -0.05) is 103 Å². The van der Waals surface area contributed by atoms with E-state index in [9.17, 15) is 9.46 Å². The van der Waals surface area contributed by atoms with Gasteiger partial charge >= 0.3 is 0 Å². The summed E-state index contributed by atoms with van der Waals surface area (Å²) in [6.07, 6.45) is 28.0. The molecule has 0 saturated carbocycles. The molecule has 0 bridgehead atoms. The van der Waals surface area contributed by atoms with Gasteiger partial charge in [0.2, 0.25) is 0 Å². The van der Waals surface area contributed by atoms with Crippen molar-refractivity contribution < 1.29 is 32.5 Å². The Bertz CT molecular complexity index is 596. The van der Waals surface area contributed by atoms with Crippen LogP contribution in [0.4, 0.5) is 0 Å². The predicted octanol–water partition coefficient (Wildman–Crippen LogP) is 7.82. The number of phosphoric ester groups is 1. The van der Waals surface area contributed by atoms with E-state index in [0.717, 1.165) is 12.8 Å². The zero-order chi connectivity index (χ0) is 29.1. The highest BCUT2D eigenvalue weighted by Crippen LogP contribution is 2.38. The highest BCUT2D eigenvalue weighted by Gasteiger charge is 2.16. The van der Waals surface area contributed by atoms with E-state index >= 15 is 0 Å². The van der Waals surface area contributed by atoms with Crippen molar-refractivity contribution in [2.75, 3.05) is 61.2 Å². The molecule has 234 valence electrons. The number of phosphoric acid groups is 1. The van der Waals surface area contributed by atoms with Crippen molar-refractivity contribution in [3.8, 4) is 0 Å². The fraction of sp³-hybridized carbons (Fsp3) is 0.935. The lowest BCUT2D eigenvalue weighted by Crippen LogP contribution is -2.37. The highest BCUT2D eigenvalue weighted by molar-refractivity contribution is 7.45. The van der Waals surface area contributed by atoms with Crippen LogP contribution in [0.3, 0.4) is 0 Å². The van der Waals surface area contributed by atoms with Gasteiger partial charge in [0.25, 0.3) is 7.82 Å². The van der Waals surface area contributed by atoms with Crippen LogP contribution in [-0.2, 0) is 23.1 Å². The average Bonchev–Trinajstić information content (AvgIpc) is 2.88. The second-order valence-electron chi connectivity index (χ2n) is 11.9. The normalized spacial score (nSPS) is 14.7. The molecule has 0 aromatic carbocycles. The molecule has 0 saturated heterocycles. The highest BCUT2D eigenvalue weighted by atomic mass is 31.2. The molecule has 0 aliphatic rings. The van der Waals surface area contributed by atoms with Gasteiger partial charge in [-0.05, 0) is 32.1 Å². The van der Waals surface area contributed by atoms with Gasteiger partial charge in [-0.15, -0.1) is 0 Å². The summed E-state index contributed by atoms with van der Waals surface area (Å²) in [6.45, 7) is 3.80. The molecule has 2 atom stereocenters. The Morgan fingerprint density at radius 2 is 1.18 bits per heavy atom. The van der Waals surface area contributed by atoms with E-state index in [-0.39, 0.29) is 13.2 Å². The van der Waals surface area contributed by atoms with Crippen molar-refractivity contribution in [1.82, 2.24) is 0 Å². The fourth-order valence-electron chi connectivity index (χ4n) is 4.20. The smallest absolute Gasteiger partial charge is 0.268 e. The molecule has 1 unspecified atom stereocenters. The minimum atomic E-state index is -4.33. The number of rotatable bonds is 30. The van der Waals surface area contributed by atoms with Gasteiger partial charge in [0, 0.05) is 13.7 Å². The first-order valence-corrected chi connectivity index (χ1v) is 17.3. The molecule has 0 aliphatic heterocycles. The molecule has 0 aromatic rings. The summed E-state index contributed by atoms with van der Waals surface area (Å²) in [7, 11) is 3.11. The average molecular weight is 578 g/mol. The molecule has 0 rings (SSSR count). The summed E-state index contributed by atoms with van der Waals surface area (Å²) in [6, 6.07) is 0. The third-order valence-corrected chi connectivity index (χ3v) is 7.83. The van der Waals surface area contributed by atoms with Crippen LogP contribution in [0.1, 0.15) is 122 Å². The van der Waals surface area contributed by atoms with Gasteiger partial charge in [0.1, 0.15) is 19.3 Å². The molecule has 8 heteroatoms. The molecule has 0 aliphatic carbocycles. The van der Waals surface area contributed by atoms with Crippen LogP contribution >= 0.6 is 7.82 Å². The van der Waals surface area contributed by atoms with E-state index in [0.29, 0.717) is 24.2 Å². The maximum atomic E-state index is 11.9. The van der Waals surface area contributed by atoms with Crippen LogP contribution in [0.2, 0.25) is 0 Å². The van der Waals surface area contributed by atoms with Crippen molar-refractivity contribution in [1.29, 1.82) is 0 Å². The Kier molecular flexibility index (Phi) is 26.4. The summed E-state index contributed by atoms with van der Waals surface area (Å²) < 4.78 is 33.3. The maximum Gasteiger partial charge on any atom is 0.268 e. The number of quaternary nitrogens is 1. The van der Waals surface area contributed by atoms with Crippen molar-refractivity contribution in [2.24, 2.45) is 0 Å². The van der Waals surface area contributed by atoms with E-state index in [4.69, 9.17) is 18.5 Å². The second-order valence-corrected chi connectivity index (χ2v) is 13.3. The largest absolute Gasteiger partial charge is 0.756 e. The topological polar surface area (TPSA) is 77.1 Å². The van der Waals surface area contributed by atoms with Crippen LogP contribution < -0.4 is 4.89 Å². The number of hydrogen-bond acceptors (Lipinski definition) is 6. The monoisotopic (exact) mass is 577 g/mol. The molecular weight excluding hydrogens is 513 g/mol. The maximum absolute atomic E-state index is 11.9.